The largest absolute Gasteiger partial charge is 0.367 e. The van der Waals surface area contributed by atoms with E-state index in [2.05, 4.69) is 15.4 Å². The Hall–Kier alpha value is -2.30. The third kappa shape index (κ3) is 1.84. The van der Waals surface area contributed by atoms with Gasteiger partial charge < -0.3 is 5.32 Å². The maximum absolute atomic E-state index is 4.33. The molecule has 0 spiro atoms. The summed E-state index contributed by atoms with van der Waals surface area (Å²) < 4.78 is 3.87. The predicted molar refractivity (Wildman–Crippen MR) is 70.5 cm³/mol. The number of pyridine rings is 1. The zero-order chi connectivity index (χ0) is 12.5. The van der Waals surface area contributed by atoms with E-state index in [0.717, 1.165) is 23.7 Å². The van der Waals surface area contributed by atoms with Crippen molar-refractivity contribution >= 4 is 11.5 Å². The lowest BCUT2D eigenvalue weighted by atomic mass is 10.2. The minimum atomic E-state index is 0.761. The third-order valence-corrected chi connectivity index (χ3v) is 3.00. The second-order valence-electron chi connectivity index (χ2n) is 4.33. The van der Waals surface area contributed by atoms with Crippen LogP contribution < -0.4 is 5.32 Å². The van der Waals surface area contributed by atoms with Crippen molar-refractivity contribution in [3.05, 3.63) is 48.0 Å². The van der Waals surface area contributed by atoms with Crippen molar-refractivity contribution in [2.24, 2.45) is 7.05 Å². The molecule has 0 aliphatic carbocycles. The van der Waals surface area contributed by atoms with E-state index in [1.807, 2.05) is 53.6 Å². The van der Waals surface area contributed by atoms with Gasteiger partial charge in [-0.25, -0.2) is 4.98 Å². The van der Waals surface area contributed by atoms with Crippen LogP contribution in [0.15, 0.2) is 36.8 Å². The van der Waals surface area contributed by atoms with Crippen molar-refractivity contribution in [1.82, 2.24) is 19.2 Å². The highest BCUT2D eigenvalue weighted by Gasteiger charge is 2.04. The number of imidazole rings is 1. The number of anilines is 1. The minimum absolute atomic E-state index is 0.761. The normalized spacial score (nSPS) is 11.0. The van der Waals surface area contributed by atoms with Crippen LogP contribution in [0.4, 0.5) is 5.82 Å². The molecule has 0 radical (unpaired) electrons. The maximum Gasteiger partial charge on any atom is 0.138 e. The first kappa shape index (κ1) is 10.8. The average Bonchev–Trinajstić information content (AvgIpc) is 2.93. The van der Waals surface area contributed by atoms with Crippen LogP contribution >= 0.6 is 0 Å². The van der Waals surface area contributed by atoms with Crippen molar-refractivity contribution in [2.75, 3.05) is 5.32 Å². The molecule has 1 N–H and O–H groups in total. The maximum atomic E-state index is 4.33. The molecule has 0 saturated carbocycles. The molecule has 0 unspecified atom stereocenters. The fourth-order valence-electron chi connectivity index (χ4n) is 2.10. The number of hydrogen-bond acceptors (Lipinski definition) is 3. The highest BCUT2D eigenvalue weighted by atomic mass is 15.3. The Labute approximate surface area is 105 Å². The van der Waals surface area contributed by atoms with Crippen molar-refractivity contribution in [3.8, 4) is 0 Å². The summed E-state index contributed by atoms with van der Waals surface area (Å²) in [6.07, 6.45) is 5.79. The number of nitrogens with zero attached hydrogens (tertiary/aromatic N) is 4. The molecule has 0 fully saturated rings. The zero-order valence-corrected chi connectivity index (χ0v) is 10.5. The van der Waals surface area contributed by atoms with Gasteiger partial charge in [0.15, 0.2) is 0 Å². The second-order valence-corrected chi connectivity index (χ2v) is 4.33. The zero-order valence-electron chi connectivity index (χ0n) is 10.5. The van der Waals surface area contributed by atoms with Crippen molar-refractivity contribution in [3.63, 3.8) is 0 Å². The van der Waals surface area contributed by atoms with Crippen LogP contribution in [0.5, 0.6) is 0 Å². The summed E-state index contributed by atoms with van der Waals surface area (Å²) in [5.74, 6) is 1.04. The number of rotatable bonds is 3. The van der Waals surface area contributed by atoms with E-state index in [1.165, 1.54) is 5.56 Å². The molecule has 0 atom stereocenters. The molecule has 0 saturated heterocycles. The molecule has 5 heteroatoms. The van der Waals surface area contributed by atoms with E-state index in [1.54, 1.807) is 6.20 Å². The number of aryl methyl sites for hydroxylation is 2. The van der Waals surface area contributed by atoms with Crippen LogP contribution in [0.1, 0.15) is 11.3 Å². The van der Waals surface area contributed by atoms with Crippen molar-refractivity contribution in [1.29, 1.82) is 0 Å². The number of nitrogens with one attached hydrogen (secondary N) is 1. The lowest BCUT2D eigenvalue weighted by molar-refractivity contribution is 0.756. The summed E-state index contributed by atoms with van der Waals surface area (Å²) >= 11 is 0. The summed E-state index contributed by atoms with van der Waals surface area (Å²) in [5, 5.41) is 7.75. The fourth-order valence-corrected chi connectivity index (χ4v) is 2.10. The van der Waals surface area contributed by atoms with Crippen LogP contribution in [0.25, 0.3) is 5.65 Å². The van der Waals surface area contributed by atoms with Gasteiger partial charge in [-0.3, -0.25) is 9.08 Å². The lowest BCUT2D eigenvalue weighted by Gasteiger charge is -2.08. The molecule has 0 bridgehead atoms. The van der Waals surface area contributed by atoms with Gasteiger partial charge >= 0.3 is 0 Å². The molecular weight excluding hydrogens is 226 g/mol. The molecule has 0 aliphatic heterocycles. The molecule has 0 amide bonds. The van der Waals surface area contributed by atoms with Gasteiger partial charge in [0.25, 0.3) is 0 Å². The summed E-state index contributed by atoms with van der Waals surface area (Å²) in [4.78, 5) is 4.26. The van der Waals surface area contributed by atoms with Gasteiger partial charge in [0.05, 0.1) is 5.69 Å². The quantitative estimate of drug-likeness (QED) is 0.762. The molecule has 0 aromatic carbocycles. The predicted octanol–water partition coefficient (Wildman–Crippen LogP) is 1.99. The number of hydrogen-bond donors (Lipinski definition) is 1. The van der Waals surface area contributed by atoms with E-state index < -0.39 is 0 Å². The van der Waals surface area contributed by atoms with E-state index >= 15 is 0 Å². The molecule has 3 heterocycles. The second kappa shape index (κ2) is 4.18. The molecular formula is C13H15N5. The van der Waals surface area contributed by atoms with Crippen molar-refractivity contribution in [2.45, 2.75) is 13.5 Å². The van der Waals surface area contributed by atoms with Gasteiger partial charge in [0.1, 0.15) is 11.5 Å². The van der Waals surface area contributed by atoms with Gasteiger partial charge in [-0.15, -0.1) is 0 Å². The third-order valence-electron chi connectivity index (χ3n) is 3.00. The van der Waals surface area contributed by atoms with Gasteiger partial charge in [-0.1, -0.05) is 6.07 Å². The van der Waals surface area contributed by atoms with Crippen LogP contribution in [0, 0.1) is 6.92 Å². The molecule has 0 aliphatic rings. The standard InChI is InChI=1S/C13H15N5/c1-10-11(9-17(2)16-10)8-15-13-5-3-4-12-14-6-7-18(12)13/h3-7,9,15H,8H2,1-2H3. The Morgan fingerprint density at radius 1 is 1.33 bits per heavy atom. The van der Waals surface area contributed by atoms with Gasteiger partial charge in [-0.2, -0.15) is 5.10 Å². The summed E-state index contributed by atoms with van der Waals surface area (Å²) in [5.41, 5.74) is 3.21. The topological polar surface area (TPSA) is 47.2 Å². The van der Waals surface area contributed by atoms with Crippen LogP contribution in [-0.4, -0.2) is 19.2 Å². The molecule has 5 nitrogen and oxygen atoms in total. The molecule has 3 aromatic rings. The fraction of sp³-hybridized carbons (Fsp3) is 0.231. The Morgan fingerprint density at radius 3 is 3.00 bits per heavy atom. The molecule has 92 valence electrons. The van der Waals surface area contributed by atoms with Crippen LogP contribution in [0.2, 0.25) is 0 Å². The molecule has 3 rings (SSSR count). The minimum Gasteiger partial charge on any atom is -0.367 e. The monoisotopic (exact) mass is 241 g/mol. The number of aromatic nitrogens is 4. The van der Waals surface area contributed by atoms with Crippen LogP contribution in [-0.2, 0) is 13.6 Å². The van der Waals surface area contributed by atoms with Crippen molar-refractivity contribution < 1.29 is 0 Å². The van der Waals surface area contributed by atoms with Gasteiger partial charge in [0.2, 0.25) is 0 Å². The lowest BCUT2D eigenvalue weighted by Crippen LogP contribution is -2.03. The van der Waals surface area contributed by atoms with E-state index in [-0.39, 0.29) is 0 Å². The van der Waals surface area contributed by atoms with Crippen LogP contribution in [0.3, 0.4) is 0 Å². The smallest absolute Gasteiger partial charge is 0.138 e. The first-order chi connectivity index (χ1) is 8.74. The Bertz CT molecular complexity index is 680. The van der Waals surface area contributed by atoms with E-state index in [0.29, 0.717) is 0 Å². The first-order valence-electron chi connectivity index (χ1n) is 5.89. The summed E-state index contributed by atoms with van der Waals surface area (Å²) in [6, 6.07) is 6.03. The Kier molecular flexibility index (Phi) is 2.51. The number of fused-ring (bicyclic) bond motifs is 1. The van der Waals surface area contributed by atoms with E-state index in [4.69, 9.17) is 0 Å². The first-order valence-corrected chi connectivity index (χ1v) is 5.89. The van der Waals surface area contributed by atoms with E-state index in [9.17, 15) is 0 Å². The molecule has 3 aromatic heterocycles. The van der Waals surface area contributed by atoms with Gasteiger partial charge in [0, 0.05) is 37.7 Å². The Balaban J connectivity index is 1.85. The Morgan fingerprint density at radius 2 is 2.22 bits per heavy atom. The summed E-state index contributed by atoms with van der Waals surface area (Å²) in [7, 11) is 1.94. The highest BCUT2D eigenvalue weighted by Crippen LogP contribution is 2.13. The molecule has 18 heavy (non-hydrogen) atoms. The summed E-state index contributed by atoms with van der Waals surface area (Å²) in [6.45, 7) is 2.78. The average molecular weight is 241 g/mol. The van der Waals surface area contributed by atoms with Gasteiger partial charge in [-0.05, 0) is 19.1 Å². The SMILES string of the molecule is Cc1nn(C)cc1CNc1cccc2nccn12. The highest BCUT2D eigenvalue weighted by molar-refractivity contribution is 5.50.